The fourth-order valence-electron chi connectivity index (χ4n) is 2.68. The van der Waals surface area contributed by atoms with Crippen molar-refractivity contribution in [2.45, 2.75) is 30.3 Å². The largest absolute Gasteiger partial charge is 0.416 e. The minimum atomic E-state index is -4.47. The zero-order valence-corrected chi connectivity index (χ0v) is 14.1. The Morgan fingerprint density at radius 3 is 2.35 bits per heavy atom. The van der Waals surface area contributed by atoms with Crippen molar-refractivity contribution >= 4 is 22.4 Å². The number of alkyl halides is 3. The summed E-state index contributed by atoms with van der Waals surface area (Å²) in [5, 5.41) is 0. The first-order valence-corrected chi connectivity index (χ1v) is 8.56. The first kappa shape index (κ1) is 20.2. The second-order valence-corrected chi connectivity index (χ2v) is 7.41. The zero-order valence-electron chi connectivity index (χ0n) is 12.4. The van der Waals surface area contributed by atoms with Crippen molar-refractivity contribution in [3.63, 3.8) is 0 Å². The predicted molar refractivity (Wildman–Crippen MR) is 83.8 cm³/mol. The van der Waals surface area contributed by atoms with Crippen molar-refractivity contribution in [1.82, 2.24) is 4.31 Å². The van der Waals surface area contributed by atoms with E-state index < -0.39 is 21.8 Å². The Bertz CT molecular complexity index is 603. The third-order valence-corrected chi connectivity index (χ3v) is 5.76. The molecule has 1 atom stereocenters. The SMILES string of the molecule is Cl.NCCC1CCCN(S(=O)(=O)c2ccc(C(F)(F)F)cc2)C1. The normalized spacial score (nSPS) is 20.1. The molecule has 2 rings (SSSR count). The number of nitrogens with two attached hydrogens (primary N) is 1. The lowest BCUT2D eigenvalue weighted by atomic mass is 9.96. The number of piperidine rings is 1. The zero-order chi connectivity index (χ0) is 16.4. The summed E-state index contributed by atoms with van der Waals surface area (Å²) in [7, 11) is -3.75. The lowest BCUT2D eigenvalue weighted by Gasteiger charge is -2.31. The Labute approximate surface area is 140 Å². The van der Waals surface area contributed by atoms with Gasteiger partial charge in [-0.15, -0.1) is 12.4 Å². The highest BCUT2D eigenvalue weighted by atomic mass is 35.5. The molecule has 1 aliphatic rings. The second-order valence-electron chi connectivity index (χ2n) is 5.47. The van der Waals surface area contributed by atoms with Crippen LogP contribution < -0.4 is 5.73 Å². The standard InChI is InChI=1S/C14H19F3N2O2S.ClH/c15-14(16,17)12-3-5-13(6-4-12)22(20,21)19-9-1-2-11(10-19)7-8-18;/h3-6,11H,1-2,7-10,18H2;1H. The summed E-state index contributed by atoms with van der Waals surface area (Å²) in [6.07, 6.45) is -2.06. The van der Waals surface area contributed by atoms with Crippen molar-refractivity contribution in [1.29, 1.82) is 0 Å². The van der Waals surface area contributed by atoms with E-state index in [0.717, 1.165) is 43.5 Å². The third-order valence-electron chi connectivity index (χ3n) is 3.88. The highest BCUT2D eigenvalue weighted by Crippen LogP contribution is 2.31. The van der Waals surface area contributed by atoms with Crippen molar-refractivity contribution < 1.29 is 21.6 Å². The van der Waals surface area contributed by atoms with Gasteiger partial charge in [0.2, 0.25) is 10.0 Å². The van der Waals surface area contributed by atoms with Crippen LogP contribution in [0.1, 0.15) is 24.8 Å². The fourth-order valence-corrected chi connectivity index (χ4v) is 4.24. The molecule has 132 valence electrons. The number of rotatable bonds is 4. The van der Waals surface area contributed by atoms with E-state index in [1.54, 1.807) is 0 Å². The number of hydrogen-bond donors (Lipinski definition) is 1. The monoisotopic (exact) mass is 372 g/mol. The molecule has 0 bridgehead atoms. The van der Waals surface area contributed by atoms with Crippen molar-refractivity contribution in [3.05, 3.63) is 29.8 Å². The lowest BCUT2D eigenvalue weighted by molar-refractivity contribution is -0.137. The Morgan fingerprint density at radius 1 is 1.22 bits per heavy atom. The molecule has 4 nitrogen and oxygen atoms in total. The molecule has 1 fully saturated rings. The van der Waals surface area contributed by atoms with E-state index in [1.165, 1.54) is 4.31 Å². The quantitative estimate of drug-likeness (QED) is 0.883. The van der Waals surface area contributed by atoms with Crippen molar-refractivity contribution in [3.8, 4) is 0 Å². The molecule has 1 aromatic carbocycles. The minimum Gasteiger partial charge on any atom is -0.330 e. The van der Waals surface area contributed by atoms with Gasteiger partial charge in [-0.25, -0.2) is 8.42 Å². The van der Waals surface area contributed by atoms with Gasteiger partial charge in [-0.3, -0.25) is 0 Å². The summed E-state index contributed by atoms with van der Waals surface area (Å²) < 4.78 is 64.0. The first-order valence-electron chi connectivity index (χ1n) is 7.12. The van der Waals surface area contributed by atoms with Gasteiger partial charge >= 0.3 is 6.18 Å². The molecule has 23 heavy (non-hydrogen) atoms. The van der Waals surface area contributed by atoms with E-state index >= 15 is 0 Å². The number of nitrogens with zero attached hydrogens (tertiary/aromatic N) is 1. The lowest BCUT2D eigenvalue weighted by Crippen LogP contribution is -2.40. The summed E-state index contributed by atoms with van der Waals surface area (Å²) in [6, 6.07) is 3.64. The summed E-state index contributed by atoms with van der Waals surface area (Å²) in [4.78, 5) is -0.103. The van der Waals surface area contributed by atoms with Gasteiger partial charge in [0.15, 0.2) is 0 Å². The third kappa shape index (κ3) is 4.82. The summed E-state index contributed by atoms with van der Waals surface area (Å²) in [5.74, 6) is 0.211. The van der Waals surface area contributed by atoms with Gasteiger partial charge in [-0.2, -0.15) is 17.5 Å². The summed E-state index contributed by atoms with van der Waals surface area (Å²) >= 11 is 0. The van der Waals surface area contributed by atoms with Crippen LogP contribution in [0.4, 0.5) is 13.2 Å². The van der Waals surface area contributed by atoms with Crippen LogP contribution in [-0.4, -0.2) is 32.4 Å². The van der Waals surface area contributed by atoms with E-state index in [0.29, 0.717) is 19.6 Å². The summed E-state index contributed by atoms with van der Waals surface area (Å²) in [5.41, 5.74) is 4.65. The van der Waals surface area contributed by atoms with Gasteiger partial charge in [0.05, 0.1) is 10.5 Å². The van der Waals surface area contributed by atoms with Crippen LogP contribution in [0.5, 0.6) is 0 Å². The van der Waals surface area contributed by atoms with Gasteiger partial charge in [-0.05, 0) is 56.0 Å². The van der Waals surface area contributed by atoms with Gasteiger partial charge in [0.25, 0.3) is 0 Å². The number of hydrogen-bond acceptors (Lipinski definition) is 3. The van der Waals surface area contributed by atoms with E-state index in [4.69, 9.17) is 5.73 Å². The van der Waals surface area contributed by atoms with Gasteiger partial charge < -0.3 is 5.73 Å². The Morgan fingerprint density at radius 2 is 1.83 bits per heavy atom. The first-order chi connectivity index (χ1) is 10.2. The number of benzene rings is 1. The van der Waals surface area contributed by atoms with Gasteiger partial charge in [-0.1, -0.05) is 0 Å². The Hall–Kier alpha value is -0.830. The van der Waals surface area contributed by atoms with Crippen LogP contribution in [0, 0.1) is 5.92 Å². The maximum atomic E-state index is 12.5. The van der Waals surface area contributed by atoms with Crippen LogP contribution in [0.2, 0.25) is 0 Å². The minimum absolute atomic E-state index is 0. The fraction of sp³-hybridized carbons (Fsp3) is 0.571. The maximum Gasteiger partial charge on any atom is 0.416 e. The molecular formula is C14H20ClF3N2O2S. The highest BCUT2D eigenvalue weighted by Gasteiger charge is 2.33. The molecule has 0 aromatic heterocycles. The molecule has 1 aliphatic heterocycles. The molecular weight excluding hydrogens is 353 g/mol. The molecule has 0 radical (unpaired) electrons. The second kappa shape index (κ2) is 7.83. The molecule has 9 heteroatoms. The smallest absolute Gasteiger partial charge is 0.330 e. The van der Waals surface area contributed by atoms with Crippen LogP contribution >= 0.6 is 12.4 Å². The Balaban J connectivity index is 0.00000264. The molecule has 0 amide bonds. The van der Waals surface area contributed by atoms with E-state index in [-0.39, 0.29) is 23.2 Å². The van der Waals surface area contributed by atoms with Gasteiger partial charge in [0, 0.05) is 13.1 Å². The van der Waals surface area contributed by atoms with Crippen molar-refractivity contribution in [2.24, 2.45) is 11.7 Å². The Kier molecular flexibility index (Phi) is 6.88. The predicted octanol–water partition coefficient (Wildman–Crippen LogP) is 2.88. The maximum absolute atomic E-state index is 12.5. The summed E-state index contributed by atoms with van der Waals surface area (Å²) in [6.45, 7) is 1.27. The van der Waals surface area contributed by atoms with E-state index in [1.807, 2.05) is 0 Å². The molecule has 1 unspecified atom stereocenters. The van der Waals surface area contributed by atoms with Gasteiger partial charge in [0.1, 0.15) is 0 Å². The molecule has 0 aliphatic carbocycles. The average Bonchev–Trinajstić information content (AvgIpc) is 2.47. The van der Waals surface area contributed by atoms with Crippen molar-refractivity contribution in [2.75, 3.05) is 19.6 Å². The van der Waals surface area contributed by atoms with E-state index in [9.17, 15) is 21.6 Å². The van der Waals surface area contributed by atoms with Crippen LogP contribution in [0.25, 0.3) is 0 Å². The molecule has 0 saturated carbocycles. The van der Waals surface area contributed by atoms with Crippen LogP contribution in [0.15, 0.2) is 29.2 Å². The number of halogens is 4. The van der Waals surface area contributed by atoms with E-state index in [2.05, 4.69) is 0 Å². The highest BCUT2D eigenvalue weighted by molar-refractivity contribution is 7.89. The van der Waals surface area contributed by atoms with Crippen LogP contribution in [0.3, 0.4) is 0 Å². The molecule has 0 spiro atoms. The molecule has 2 N–H and O–H groups in total. The molecule has 1 saturated heterocycles. The topological polar surface area (TPSA) is 63.4 Å². The number of sulfonamides is 1. The van der Waals surface area contributed by atoms with Crippen LogP contribution in [-0.2, 0) is 16.2 Å². The average molecular weight is 373 g/mol. The molecule has 1 aromatic rings. The molecule has 1 heterocycles.